The Kier molecular flexibility index (Phi) is 5.14. The largest absolute Gasteiger partial charge is 0.488 e. The first-order valence-corrected chi connectivity index (χ1v) is 5.05. The fourth-order valence-electron chi connectivity index (χ4n) is 1.30. The summed E-state index contributed by atoms with van der Waals surface area (Å²) in [4.78, 5) is 0. The monoisotopic (exact) mass is 231 g/mol. The number of benzene rings is 1. The number of nitrogens with one attached hydrogen (secondary N) is 1. The van der Waals surface area contributed by atoms with Crippen LogP contribution < -0.4 is 10.1 Å². The molecule has 0 amide bonds. The van der Waals surface area contributed by atoms with Gasteiger partial charge in [-0.1, -0.05) is 0 Å². The lowest BCUT2D eigenvalue weighted by Gasteiger charge is -2.09. The molecule has 3 nitrogen and oxygen atoms in total. The highest BCUT2D eigenvalue weighted by Crippen LogP contribution is 2.23. The van der Waals surface area contributed by atoms with Gasteiger partial charge in [0.1, 0.15) is 0 Å². The molecule has 2 N–H and O–H groups in total. The molecule has 0 heterocycles. The topological polar surface area (TPSA) is 41.5 Å². The van der Waals surface area contributed by atoms with Gasteiger partial charge in [0.15, 0.2) is 17.4 Å². The van der Waals surface area contributed by atoms with Gasteiger partial charge in [-0.05, 0) is 24.7 Å². The Labute approximate surface area is 93.0 Å². The average molecular weight is 231 g/mol. The van der Waals surface area contributed by atoms with Gasteiger partial charge < -0.3 is 15.2 Å². The molecule has 0 aliphatic rings. The number of aliphatic hydroxyl groups is 1. The van der Waals surface area contributed by atoms with E-state index < -0.39 is 11.6 Å². The average Bonchev–Trinajstić information content (AvgIpc) is 2.23. The highest BCUT2D eigenvalue weighted by molar-refractivity contribution is 5.31. The molecule has 0 saturated heterocycles. The van der Waals surface area contributed by atoms with E-state index in [4.69, 9.17) is 9.84 Å². The minimum Gasteiger partial charge on any atom is -0.488 e. The van der Waals surface area contributed by atoms with Crippen LogP contribution in [0.25, 0.3) is 0 Å². The summed E-state index contributed by atoms with van der Waals surface area (Å²) in [6.07, 6.45) is 0.344. The van der Waals surface area contributed by atoms with Gasteiger partial charge in [0, 0.05) is 19.6 Å². The van der Waals surface area contributed by atoms with E-state index in [1.807, 2.05) is 0 Å². The molecular weight excluding hydrogens is 216 g/mol. The number of ether oxygens (including phenoxy) is 1. The summed E-state index contributed by atoms with van der Waals surface area (Å²) in [5.41, 5.74) is 0.520. The van der Waals surface area contributed by atoms with E-state index in [1.54, 1.807) is 7.05 Å². The third-order valence-electron chi connectivity index (χ3n) is 1.99. The Morgan fingerprint density at radius 2 is 1.94 bits per heavy atom. The molecule has 5 heteroatoms. The predicted octanol–water partition coefficient (Wildman–Crippen LogP) is 1.45. The van der Waals surface area contributed by atoms with Crippen molar-refractivity contribution in [3.05, 3.63) is 29.3 Å². The Balaban J connectivity index is 2.77. The van der Waals surface area contributed by atoms with Gasteiger partial charge in [0.2, 0.25) is 0 Å². The number of aliphatic hydroxyl groups excluding tert-OH is 1. The fourth-order valence-corrected chi connectivity index (χ4v) is 1.30. The van der Waals surface area contributed by atoms with E-state index in [9.17, 15) is 8.78 Å². The maximum Gasteiger partial charge on any atom is 0.190 e. The van der Waals surface area contributed by atoms with Crippen LogP contribution in [-0.4, -0.2) is 25.4 Å². The van der Waals surface area contributed by atoms with Gasteiger partial charge in [-0.2, -0.15) is 0 Å². The molecule has 0 atom stereocenters. The Bertz CT molecular complexity index is 322. The molecule has 90 valence electrons. The van der Waals surface area contributed by atoms with Crippen molar-refractivity contribution in [3.8, 4) is 5.75 Å². The van der Waals surface area contributed by atoms with Crippen molar-refractivity contribution in [2.24, 2.45) is 0 Å². The number of hydrogen-bond donors (Lipinski definition) is 2. The zero-order chi connectivity index (χ0) is 12.0. The van der Waals surface area contributed by atoms with E-state index in [-0.39, 0.29) is 19.0 Å². The molecule has 0 saturated carbocycles. The van der Waals surface area contributed by atoms with E-state index >= 15 is 0 Å². The highest BCUT2D eigenvalue weighted by atomic mass is 19.1. The molecule has 0 aliphatic heterocycles. The van der Waals surface area contributed by atoms with E-state index in [0.717, 1.165) is 0 Å². The first kappa shape index (κ1) is 12.9. The van der Waals surface area contributed by atoms with Crippen LogP contribution in [0.15, 0.2) is 12.1 Å². The molecule has 0 bridgehead atoms. The highest BCUT2D eigenvalue weighted by Gasteiger charge is 2.12. The van der Waals surface area contributed by atoms with Crippen LogP contribution >= 0.6 is 0 Å². The van der Waals surface area contributed by atoms with Crippen LogP contribution in [0.1, 0.15) is 12.0 Å². The first-order valence-electron chi connectivity index (χ1n) is 5.05. The first-order chi connectivity index (χ1) is 7.69. The summed E-state index contributed by atoms with van der Waals surface area (Å²) in [5, 5.41) is 11.3. The molecule has 0 fully saturated rings. The summed E-state index contributed by atoms with van der Waals surface area (Å²) in [5.74, 6) is -1.82. The van der Waals surface area contributed by atoms with Crippen LogP contribution in [0.4, 0.5) is 8.78 Å². The summed E-state index contributed by atoms with van der Waals surface area (Å²) >= 11 is 0. The quantitative estimate of drug-likeness (QED) is 0.728. The lowest BCUT2D eigenvalue weighted by Crippen LogP contribution is -2.08. The van der Waals surface area contributed by atoms with Gasteiger partial charge in [-0.3, -0.25) is 0 Å². The van der Waals surface area contributed by atoms with Crippen LogP contribution in [-0.2, 0) is 6.54 Å². The number of hydrogen-bond acceptors (Lipinski definition) is 3. The molecule has 16 heavy (non-hydrogen) atoms. The zero-order valence-electron chi connectivity index (χ0n) is 9.09. The minimum absolute atomic E-state index is 0.0684. The fraction of sp³-hybridized carbons (Fsp3) is 0.455. The van der Waals surface area contributed by atoms with Crippen molar-refractivity contribution < 1.29 is 18.6 Å². The van der Waals surface area contributed by atoms with Crippen molar-refractivity contribution in [2.75, 3.05) is 20.3 Å². The summed E-state index contributed by atoms with van der Waals surface area (Å²) in [6.45, 7) is 0.418. The van der Waals surface area contributed by atoms with E-state index in [1.165, 1.54) is 12.1 Å². The van der Waals surface area contributed by atoms with Crippen LogP contribution in [0.2, 0.25) is 0 Å². The van der Waals surface area contributed by atoms with Crippen molar-refractivity contribution in [1.82, 2.24) is 5.32 Å². The van der Waals surface area contributed by atoms with Crippen molar-refractivity contribution >= 4 is 0 Å². The molecule has 1 rings (SSSR count). The molecule has 0 spiro atoms. The lowest BCUT2D eigenvalue weighted by molar-refractivity contribution is 0.222. The Hall–Kier alpha value is -1.20. The summed E-state index contributed by atoms with van der Waals surface area (Å²) < 4.78 is 31.7. The molecule has 0 aliphatic carbocycles. The van der Waals surface area contributed by atoms with E-state index in [2.05, 4.69) is 5.32 Å². The standard InChI is InChI=1S/C11H15F2NO2/c1-14-7-8-5-9(12)11(10(13)6-8)16-4-2-3-15/h5-6,14-15H,2-4,7H2,1H3. The van der Waals surface area contributed by atoms with Crippen molar-refractivity contribution in [2.45, 2.75) is 13.0 Å². The van der Waals surface area contributed by atoms with Crippen LogP contribution in [0, 0.1) is 11.6 Å². The minimum atomic E-state index is -0.719. The Morgan fingerprint density at radius 3 is 2.44 bits per heavy atom. The second-order valence-corrected chi connectivity index (χ2v) is 3.34. The molecule has 1 aromatic carbocycles. The van der Waals surface area contributed by atoms with E-state index in [0.29, 0.717) is 18.5 Å². The third-order valence-corrected chi connectivity index (χ3v) is 1.99. The number of halogens is 2. The predicted molar refractivity (Wildman–Crippen MR) is 56.3 cm³/mol. The van der Waals surface area contributed by atoms with Gasteiger partial charge in [-0.15, -0.1) is 0 Å². The normalized spacial score (nSPS) is 10.5. The van der Waals surface area contributed by atoms with Crippen LogP contribution in [0.5, 0.6) is 5.75 Å². The van der Waals surface area contributed by atoms with Gasteiger partial charge in [-0.25, -0.2) is 8.78 Å². The molecule has 0 radical (unpaired) electrons. The van der Waals surface area contributed by atoms with Gasteiger partial charge in [0.05, 0.1) is 6.61 Å². The molecule has 1 aromatic rings. The lowest BCUT2D eigenvalue weighted by atomic mass is 10.2. The maximum atomic E-state index is 13.4. The SMILES string of the molecule is CNCc1cc(F)c(OCCCO)c(F)c1. The van der Waals surface area contributed by atoms with Crippen molar-refractivity contribution in [3.63, 3.8) is 0 Å². The van der Waals surface area contributed by atoms with Crippen molar-refractivity contribution in [1.29, 1.82) is 0 Å². The second-order valence-electron chi connectivity index (χ2n) is 3.34. The van der Waals surface area contributed by atoms with Gasteiger partial charge >= 0.3 is 0 Å². The Morgan fingerprint density at radius 1 is 1.31 bits per heavy atom. The number of rotatable bonds is 6. The summed E-state index contributed by atoms with van der Waals surface area (Å²) in [6, 6.07) is 2.46. The zero-order valence-corrected chi connectivity index (χ0v) is 9.09. The molecule has 0 aromatic heterocycles. The molecular formula is C11H15F2NO2. The second kappa shape index (κ2) is 6.40. The van der Waals surface area contributed by atoms with Crippen LogP contribution in [0.3, 0.4) is 0 Å². The summed E-state index contributed by atoms with van der Waals surface area (Å²) in [7, 11) is 1.70. The smallest absolute Gasteiger partial charge is 0.190 e. The third kappa shape index (κ3) is 3.43. The molecule has 0 unspecified atom stereocenters. The van der Waals surface area contributed by atoms with Gasteiger partial charge in [0.25, 0.3) is 0 Å². The maximum absolute atomic E-state index is 13.4.